The average Bonchev–Trinajstić information content (AvgIpc) is 2.65. The summed E-state index contributed by atoms with van der Waals surface area (Å²) in [6, 6.07) is 10.6. The van der Waals surface area contributed by atoms with Crippen LogP contribution < -0.4 is 15.0 Å². The van der Waals surface area contributed by atoms with Crippen LogP contribution in [-0.2, 0) is 4.74 Å². The van der Waals surface area contributed by atoms with Crippen molar-refractivity contribution >= 4 is 23.4 Å². The Morgan fingerprint density at radius 3 is 2.71 bits per heavy atom. The van der Waals surface area contributed by atoms with E-state index in [1.54, 1.807) is 37.1 Å². The number of fused-ring (bicyclic) bond motifs is 2. The average molecular weight is 326 g/mol. The van der Waals surface area contributed by atoms with Gasteiger partial charge in [0.25, 0.3) is 5.91 Å². The Labute approximate surface area is 140 Å². The number of carbonyl (C=O) groups is 2. The molecule has 0 radical (unpaired) electrons. The molecular formula is C18H18N2O4. The third-order valence-electron chi connectivity index (χ3n) is 3.73. The van der Waals surface area contributed by atoms with Crippen molar-refractivity contribution in [1.82, 2.24) is 0 Å². The number of nitrogens with one attached hydrogen (secondary N) is 1. The summed E-state index contributed by atoms with van der Waals surface area (Å²) in [5.41, 5.74) is 2.59. The number of aryl methyl sites for hydroxylation is 1. The molecule has 1 heterocycles. The second-order valence-electron chi connectivity index (χ2n) is 5.49. The Hall–Kier alpha value is -3.02. The second-order valence-corrected chi connectivity index (χ2v) is 5.49. The van der Waals surface area contributed by atoms with E-state index in [2.05, 4.69) is 5.32 Å². The molecule has 0 saturated heterocycles. The van der Waals surface area contributed by atoms with Crippen LogP contribution in [0.3, 0.4) is 0 Å². The van der Waals surface area contributed by atoms with Gasteiger partial charge in [-0.3, -0.25) is 10.1 Å². The zero-order valence-corrected chi connectivity index (χ0v) is 13.8. The molecule has 1 N–H and O–H groups in total. The number of hydrogen-bond acceptors (Lipinski definition) is 4. The van der Waals surface area contributed by atoms with Gasteiger partial charge in [-0.05, 0) is 49.7 Å². The Bertz CT molecular complexity index is 817. The van der Waals surface area contributed by atoms with Crippen LogP contribution in [0.2, 0.25) is 0 Å². The van der Waals surface area contributed by atoms with E-state index in [0.717, 1.165) is 5.56 Å². The topological polar surface area (TPSA) is 67.9 Å². The summed E-state index contributed by atoms with van der Waals surface area (Å²) < 4.78 is 10.7. The van der Waals surface area contributed by atoms with Gasteiger partial charge in [0.15, 0.2) is 5.75 Å². The van der Waals surface area contributed by atoms with Crippen LogP contribution in [0.1, 0.15) is 22.8 Å². The lowest BCUT2D eigenvalue weighted by Crippen LogP contribution is -2.25. The smallest absolute Gasteiger partial charge is 0.411 e. The molecule has 2 amide bonds. The van der Waals surface area contributed by atoms with Gasteiger partial charge in [0.1, 0.15) is 5.75 Å². The summed E-state index contributed by atoms with van der Waals surface area (Å²) in [4.78, 5) is 25.9. The summed E-state index contributed by atoms with van der Waals surface area (Å²) in [7, 11) is 1.70. The summed E-state index contributed by atoms with van der Waals surface area (Å²) in [5, 5.41) is 2.59. The third-order valence-corrected chi connectivity index (χ3v) is 3.73. The quantitative estimate of drug-likeness (QED) is 0.907. The fraction of sp³-hybridized carbons (Fsp3) is 0.222. The molecule has 0 bridgehead atoms. The van der Waals surface area contributed by atoms with Crippen LogP contribution in [-0.4, -0.2) is 25.7 Å². The van der Waals surface area contributed by atoms with Crippen molar-refractivity contribution in [3.63, 3.8) is 0 Å². The zero-order chi connectivity index (χ0) is 17.3. The summed E-state index contributed by atoms with van der Waals surface area (Å²) >= 11 is 0. The van der Waals surface area contributed by atoms with Gasteiger partial charge in [-0.15, -0.1) is 0 Å². The van der Waals surface area contributed by atoms with Gasteiger partial charge < -0.3 is 14.4 Å². The Balaban J connectivity index is 1.99. The van der Waals surface area contributed by atoms with Gasteiger partial charge in [-0.1, -0.05) is 6.07 Å². The molecule has 2 aromatic carbocycles. The minimum atomic E-state index is -0.563. The van der Waals surface area contributed by atoms with Crippen LogP contribution in [0.15, 0.2) is 36.4 Å². The lowest BCUT2D eigenvalue weighted by atomic mass is 10.1. The number of hydrogen-bond donors (Lipinski definition) is 1. The van der Waals surface area contributed by atoms with Crippen molar-refractivity contribution in [2.45, 2.75) is 13.8 Å². The predicted octanol–water partition coefficient (Wildman–Crippen LogP) is 3.95. The van der Waals surface area contributed by atoms with Crippen LogP contribution in [0, 0.1) is 6.92 Å². The van der Waals surface area contributed by atoms with Gasteiger partial charge in [0.05, 0.1) is 17.9 Å². The van der Waals surface area contributed by atoms with E-state index in [1.165, 1.54) is 0 Å². The molecule has 0 spiro atoms. The number of ether oxygens (including phenoxy) is 2. The fourth-order valence-corrected chi connectivity index (χ4v) is 2.53. The number of anilines is 2. The van der Waals surface area contributed by atoms with E-state index < -0.39 is 6.09 Å². The highest BCUT2D eigenvalue weighted by Gasteiger charge is 2.26. The number of rotatable bonds is 2. The molecule has 24 heavy (non-hydrogen) atoms. The molecule has 0 atom stereocenters. The zero-order valence-electron chi connectivity index (χ0n) is 13.8. The maximum absolute atomic E-state index is 12.8. The Morgan fingerprint density at radius 1 is 1.21 bits per heavy atom. The number of benzene rings is 2. The second kappa shape index (κ2) is 6.23. The van der Waals surface area contributed by atoms with E-state index in [-0.39, 0.29) is 12.5 Å². The van der Waals surface area contributed by atoms with E-state index in [0.29, 0.717) is 28.4 Å². The maximum Gasteiger partial charge on any atom is 0.411 e. The SMILES string of the molecule is CCOC(=O)Nc1ccc2c(c1)C(=O)N(C)c1cc(C)ccc1O2. The first-order chi connectivity index (χ1) is 11.5. The molecule has 0 aromatic heterocycles. The largest absolute Gasteiger partial charge is 0.454 e. The van der Waals surface area contributed by atoms with Crippen molar-refractivity contribution in [3.8, 4) is 11.5 Å². The number of amides is 2. The highest BCUT2D eigenvalue weighted by atomic mass is 16.5. The monoisotopic (exact) mass is 326 g/mol. The highest BCUT2D eigenvalue weighted by molar-refractivity contribution is 6.10. The molecule has 6 nitrogen and oxygen atoms in total. The Morgan fingerprint density at radius 2 is 1.96 bits per heavy atom. The molecule has 3 rings (SSSR count). The van der Waals surface area contributed by atoms with Crippen LogP contribution in [0.25, 0.3) is 0 Å². The van der Waals surface area contributed by atoms with Crippen molar-refractivity contribution in [3.05, 3.63) is 47.5 Å². The maximum atomic E-state index is 12.8. The van der Waals surface area contributed by atoms with E-state index >= 15 is 0 Å². The lowest BCUT2D eigenvalue weighted by Gasteiger charge is -2.16. The van der Waals surface area contributed by atoms with E-state index in [1.807, 2.05) is 25.1 Å². The Kier molecular flexibility index (Phi) is 4.12. The van der Waals surface area contributed by atoms with Gasteiger partial charge in [0.2, 0.25) is 0 Å². The fourth-order valence-electron chi connectivity index (χ4n) is 2.53. The third kappa shape index (κ3) is 2.90. The van der Waals surface area contributed by atoms with Gasteiger partial charge in [-0.25, -0.2) is 4.79 Å². The molecule has 0 saturated carbocycles. The molecule has 0 fully saturated rings. The normalized spacial score (nSPS) is 12.6. The lowest BCUT2D eigenvalue weighted by molar-refractivity contribution is 0.0993. The molecule has 2 aromatic rings. The molecule has 0 unspecified atom stereocenters. The molecule has 124 valence electrons. The molecule has 1 aliphatic heterocycles. The van der Waals surface area contributed by atoms with Gasteiger partial charge in [-0.2, -0.15) is 0 Å². The number of carbonyl (C=O) groups excluding carboxylic acids is 2. The summed E-state index contributed by atoms with van der Waals surface area (Å²) in [6.07, 6.45) is -0.563. The first-order valence-corrected chi connectivity index (χ1v) is 7.64. The predicted molar refractivity (Wildman–Crippen MR) is 91.1 cm³/mol. The number of nitrogens with zero attached hydrogens (tertiary/aromatic N) is 1. The molecule has 1 aliphatic rings. The van der Waals surface area contributed by atoms with Gasteiger partial charge in [0, 0.05) is 12.7 Å². The first-order valence-electron chi connectivity index (χ1n) is 7.64. The van der Waals surface area contributed by atoms with Crippen molar-refractivity contribution in [1.29, 1.82) is 0 Å². The highest BCUT2D eigenvalue weighted by Crippen LogP contribution is 2.39. The minimum absolute atomic E-state index is 0.207. The minimum Gasteiger partial charge on any atom is -0.454 e. The van der Waals surface area contributed by atoms with Crippen molar-refractivity contribution < 1.29 is 19.1 Å². The van der Waals surface area contributed by atoms with E-state index in [9.17, 15) is 9.59 Å². The summed E-state index contributed by atoms with van der Waals surface area (Å²) in [6.45, 7) is 3.95. The van der Waals surface area contributed by atoms with Crippen LogP contribution in [0.5, 0.6) is 11.5 Å². The molecule has 6 heteroatoms. The molecule has 0 aliphatic carbocycles. The van der Waals surface area contributed by atoms with Crippen molar-refractivity contribution in [2.75, 3.05) is 23.9 Å². The first kappa shape index (κ1) is 15.9. The summed E-state index contributed by atoms with van der Waals surface area (Å²) in [5.74, 6) is 0.854. The van der Waals surface area contributed by atoms with E-state index in [4.69, 9.17) is 9.47 Å². The molecular weight excluding hydrogens is 308 g/mol. The van der Waals surface area contributed by atoms with Crippen LogP contribution >= 0.6 is 0 Å². The van der Waals surface area contributed by atoms with Crippen LogP contribution in [0.4, 0.5) is 16.2 Å². The van der Waals surface area contributed by atoms with Gasteiger partial charge >= 0.3 is 6.09 Å². The standard InChI is InChI=1S/C18H18N2O4/c1-4-23-18(22)19-12-6-8-15-13(10-12)17(21)20(3)14-9-11(2)5-7-16(14)24-15/h5-10H,4H2,1-3H3,(H,19,22). The van der Waals surface area contributed by atoms with Crippen molar-refractivity contribution in [2.24, 2.45) is 0 Å².